The van der Waals surface area contributed by atoms with Crippen molar-refractivity contribution < 1.29 is 38.5 Å². The third kappa shape index (κ3) is 237. The minimum absolute atomic E-state index is 0. The molecule has 0 spiro atoms. The molecule has 8 nitrogen and oxygen atoms in total. The number of phosphoric acid groups is 2. The van der Waals surface area contributed by atoms with Gasteiger partial charge in [-0.25, -0.2) is 0 Å². The Morgan fingerprint density at radius 3 is 0.474 bits per heavy atom. The molecule has 0 aliphatic heterocycles. The van der Waals surface area contributed by atoms with E-state index in [1.807, 2.05) is 0 Å². The van der Waals surface area contributed by atoms with Crippen LogP contribution in [0.4, 0.5) is 0 Å². The van der Waals surface area contributed by atoms with Crippen LogP contribution in [0.25, 0.3) is 0 Å². The second kappa shape index (κ2) is 40.5. The van der Waals surface area contributed by atoms with Gasteiger partial charge in [0.25, 0.3) is 0 Å². The number of rotatable bonds is 0. The molecule has 0 aliphatic carbocycles. The average molecular weight is 470 g/mol. The van der Waals surface area contributed by atoms with Gasteiger partial charge in [0.2, 0.25) is 0 Å². The quantitative estimate of drug-likeness (QED) is 0.248. The van der Waals surface area contributed by atoms with E-state index in [9.17, 15) is 0 Å². The first-order valence-corrected chi connectivity index (χ1v) is 4.38. The van der Waals surface area contributed by atoms with Gasteiger partial charge in [-0.05, 0) is 0 Å². The molecule has 0 amide bonds. The monoisotopic (exact) mass is 469 g/mol. The molecule has 19 heavy (non-hydrogen) atoms. The molecule has 85 valence electrons. The summed E-state index contributed by atoms with van der Waals surface area (Å²) in [6.07, 6.45) is 0. The molecular formula is H6Al3Ca3Mg3O8P2. The maximum atomic E-state index is 8.55. The van der Waals surface area contributed by atoms with Crippen molar-refractivity contribution in [3.05, 3.63) is 0 Å². The second-order valence-electron chi connectivity index (χ2n) is 0.894. The van der Waals surface area contributed by atoms with E-state index in [0.717, 1.165) is 0 Å². The maximum absolute atomic E-state index is 8.55. The predicted octanol–water partition coefficient (Wildman–Crippen LogP) is -10.7. The van der Waals surface area contributed by atoms with Crippen molar-refractivity contribution in [3.63, 3.8) is 0 Å². The fraction of sp³-hybridized carbons (Fsp3) is 0. The van der Waals surface area contributed by atoms with Gasteiger partial charge in [0.15, 0.2) is 0 Å². The molecule has 0 unspecified atom stereocenters. The average Bonchev–Trinajstić information content (AvgIpc) is 1.12. The van der Waals surface area contributed by atoms with E-state index < -0.39 is 15.6 Å². The fourth-order valence-corrected chi connectivity index (χ4v) is 0. The van der Waals surface area contributed by atoms with E-state index in [-0.39, 0.29) is 234 Å². The molecule has 0 aromatic carbocycles. The van der Waals surface area contributed by atoms with Crippen molar-refractivity contribution in [2.45, 2.75) is 0 Å². The molecule has 0 saturated carbocycles. The molecule has 0 fully saturated rings. The molecule has 0 aromatic heterocycles. The zero-order chi connectivity index (χ0) is 9.00. The third-order valence-corrected chi connectivity index (χ3v) is 0. The fourth-order valence-electron chi connectivity index (χ4n) is 0. The molecule has 0 aromatic rings. The molecule has 0 N–H and O–H groups in total. The first-order chi connectivity index (χ1) is 4.00. The molecule has 0 heterocycles. The van der Waals surface area contributed by atoms with E-state index in [4.69, 9.17) is 38.5 Å². The Morgan fingerprint density at radius 1 is 0.474 bits per heavy atom. The summed E-state index contributed by atoms with van der Waals surface area (Å²) >= 11 is 0. The van der Waals surface area contributed by atoms with Gasteiger partial charge in [-0.2, -0.15) is 15.6 Å². The first-order valence-electron chi connectivity index (χ1n) is 1.46. The van der Waals surface area contributed by atoms with Crippen LogP contribution in [-0.2, 0) is 9.13 Å². The summed E-state index contributed by atoms with van der Waals surface area (Å²) in [6.45, 7) is 0. The largest absolute Gasteiger partial charge is 2.00 e. The Hall–Kier alpha value is 7.90. The Kier molecular flexibility index (Phi) is 152. The van der Waals surface area contributed by atoms with Gasteiger partial charge < -0.3 is 38.5 Å². The van der Waals surface area contributed by atoms with Crippen molar-refractivity contribution in [1.82, 2.24) is 0 Å². The normalized spacial score (nSPS) is 6.21. The summed E-state index contributed by atoms with van der Waals surface area (Å²) in [4.78, 5) is 51.3. The minimum atomic E-state index is -5.39. The Morgan fingerprint density at radius 2 is 0.474 bits per heavy atom. The minimum Gasteiger partial charge on any atom is 2.00 e. The molecule has 0 bridgehead atoms. The van der Waals surface area contributed by atoms with E-state index >= 15 is 0 Å². The van der Waals surface area contributed by atoms with Crippen molar-refractivity contribution in [3.8, 4) is 0 Å². The topological polar surface area (TPSA) is 172 Å². The van der Waals surface area contributed by atoms with Crippen LogP contribution in [0.2, 0.25) is 0 Å². The summed E-state index contributed by atoms with van der Waals surface area (Å²) in [5.41, 5.74) is 0. The summed E-state index contributed by atoms with van der Waals surface area (Å²) < 4.78 is 17.1. The van der Waals surface area contributed by atoms with Gasteiger partial charge in [0.1, 0.15) is 0 Å². The Bertz CT molecular complexity index is 153. The smallest absolute Gasteiger partial charge is 2.00 e. The SMILES string of the molecule is O=P([O-])([O-])[O-].O=P([O-])([O-])[O-].[Al].[Al].[Al].[CaH2].[CaH2].[CaH2].[Mg+2].[Mg+2].[Mg+2]. The second-order valence-corrected chi connectivity index (χ2v) is 2.68. The van der Waals surface area contributed by atoms with Crippen molar-refractivity contribution in [1.29, 1.82) is 0 Å². The van der Waals surface area contributed by atoms with Gasteiger partial charge in [-0.1, -0.05) is 0 Å². The summed E-state index contributed by atoms with van der Waals surface area (Å²) in [6, 6.07) is 0. The molecule has 19 heteroatoms. The van der Waals surface area contributed by atoms with E-state index in [2.05, 4.69) is 0 Å². The van der Waals surface area contributed by atoms with Crippen LogP contribution >= 0.6 is 15.6 Å². The molecule has 0 atom stereocenters. The van der Waals surface area contributed by atoms with Gasteiger partial charge in [0, 0.05) is 52.1 Å². The molecule has 9 radical (unpaired) electrons. The maximum Gasteiger partial charge on any atom is 2.00 e. The van der Waals surface area contributed by atoms with E-state index in [1.54, 1.807) is 0 Å². The van der Waals surface area contributed by atoms with Crippen LogP contribution in [-0.4, -0.2) is 234 Å². The molecule has 0 aliphatic rings. The zero-order valence-corrected chi connectivity index (χ0v) is 17.5. The van der Waals surface area contributed by atoms with Gasteiger partial charge in [-0.3, -0.25) is 0 Å². The van der Waals surface area contributed by atoms with Crippen molar-refractivity contribution in [2.75, 3.05) is 0 Å². The van der Waals surface area contributed by atoms with E-state index in [1.165, 1.54) is 0 Å². The van der Waals surface area contributed by atoms with Crippen LogP contribution in [0.15, 0.2) is 0 Å². The summed E-state index contributed by atoms with van der Waals surface area (Å²) in [7, 11) is -10.8. The Balaban J connectivity index is -0.00000000508. The molecular weight excluding hydrogens is 464 g/mol. The first kappa shape index (κ1) is 71.4. The van der Waals surface area contributed by atoms with Gasteiger partial charge in [0.05, 0.1) is 0 Å². The third-order valence-electron chi connectivity index (χ3n) is 0. The summed E-state index contributed by atoms with van der Waals surface area (Å²) in [5, 5.41) is 0. The standard InChI is InChI=1S/3Al.3Ca.3Mg.2H3O4P.6H/c;;;;;;;;;2*1-5(2,3)4;;;;;;/h;;;;;;;;;2*(H3,1,2,3,4);;;;;;/q;;;;;;3*+2;;;;;;;;/p-6. The molecule has 0 rings (SSSR count). The van der Waals surface area contributed by atoms with Crippen LogP contribution < -0.4 is 29.4 Å². The Labute approximate surface area is 281 Å². The van der Waals surface area contributed by atoms with Crippen LogP contribution in [0.3, 0.4) is 0 Å². The van der Waals surface area contributed by atoms with E-state index in [0.29, 0.717) is 0 Å². The predicted molar refractivity (Wildman–Crippen MR) is 75.4 cm³/mol. The van der Waals surface area contributed by atoms with Crippen LogP contribution in [0.5, 0.6) is 0 Å². The molecule has 0 saturated heterocycles. The zero-order valence-electron chi connectivity index (χ0n) is 8.01. The van der Waals surface area contributed by atoms with Gasteiger partial charge in [-0.15, -0.1) is 0 Å². The number of hydrogen-bond acceptors (Lipinski definition) is 8. The van der Waals surface area contributed by atoms with Crippen LogP contribution in [0, 0.1) is 0 Å². The summed E-state index contributed by atoms with van der Waals surface area (Å²) in [5.74, 6) is 0. The van der Waals surface area contributed by atoms with Gasteiger partial charge >= 0.3 is 182 Å². The number of hydrogen-bond donors (Lipinski definition) is 0. The van der Waals surface area contributed by atoms with Crippen LogP contribution in [0.1, 0.15) is 0 Å². The van der Waals surface area contributed by atoms with Crippen molar-refractivity contribution in [2.24, 2.45) is 0 Å². The van der Waals surface area contributed by atoms with Crippen molar-refractivity contribution >= 4 is 250 Å².